The predicted molar refractivity (Wildman–Crippen MR) is 132 cm³/mol. The molecule has 0 saturated carbocycles. The summed E-state index contributed by atoms with van der Waals surface area (Å²) in [4.78, 5) is 27.8. The molecule has 0 radical (unpaired) electrons. The van der Waals surface area contributed by atoms with Gasteiger partial charge in [0.1, 0.15) is 11.9 Å². The Morgan fingerprint density at radius 3 is 2.24 bits per heavy atom. The van der Waals surface area contributed by atoms with Crippen LogP contribution in [0.1, 0.15) is 28.8 Å². The van der Waals surface area contributed by atoms with Crippen LogP contribution in [-0.2, 0) is 16.0 Å². The lowest BCUT2D eigenvalue weighted by atomic mass is 10.1. The average Bonchev–Trinajstić information content (AvgIpc) is 2.86. The summed E-state index contributed by atoms with van der Waals surface area (Å²) in [6.07, 6.45) is 2.26. The van der Waals surface area contributed by atoms with Crippen LogP contribution in [0.3, 0.4) is 0 Å². The van der Waals surface area contributed by atoms with Crippen LogP contribution in [0, 0.1) is 0 Å². The van der Waals surface area contributed by atoms with Gasteiger partial charge in [0.05, 0.1) is 30.9 Å². The first-order valence-electron chi connectivity index (χ1n) is 11.2. The number of carbonyl (C=O) groups is 2. The minimum atomic E-state index is -1.06. The number of carbonyl (C=O) groups excluding carboxylic acids is 1. The fourth-order valence-electron chi connectivity index (χ4n) is 3.76. The van der Waals surface area contributed by atoms with Crippen molar-refractivity contribution in [3.63, 3.8) is 0 Å². The van der Waals surface area contributed by atoms with Gasteiger partial charge in [0.25, 0.3) is 0 Å². The maximum atomic E-state index is 12.7. The van der Waals surface area contributed by atoms with Crippen LogP contribution in [-0.4, -0.2) is 43.3 Å². The van der Waals surface area contributed by atoms with Gasteiger partial charge in [-0.25, -0.2) is 4.79 Å². The molecule has 6 nitrogen and oxygen atoms in total. The van der Waals surface area contributed by atoms with Gasteiger partial charge >= 0.3 is 5.97 Å². The lowest BCUT2D eigenvalue weighted by Crippen LogP contribution is -2.29. The molecule has 0 aromatic heterocycles. The van der Waals surface area contributed by atoms with Crippen molar-refractivity contribution in [2.75, 3.05) is 25.2 Å². The molecule has 1 saturated heterocycles. The van der Waals surface area contributed by atoms with Crippen molar-refractivity contribution in [2.24, 2.45) is 0 Å². The fraction of sp³-hybridized carbons (Fsp3) is 0.259. The molecule has 34 heavy (non-hydrogen) atoms. The van der Waals surface area contributed by atoms with E-state index in [2.05, 4.69) is 0 Å². The Morgan fingerprint density at radius 2 is 1.59 bits per heavy atom. The Balaban J connectivity index is 1.33. The average molecular weight is 478 g/mol. The first-order chi connectivity index (χ1) is 16.5. The normalized spacial score (nSPS) is 13.9. The number of hydrogen-bond acceptors (Lipinski definition) is 5. The van der Waals surface area contributed by atoms with Crippen molar-refractivity contribution in [1.29, 1.82) is 0 Å². The standard InChI is InChI=1S/C27H27NO5S/c1-28(25-5-3-2-4-24(25)27(30)31)26(29)18-19-6-10-22(11-7-19)34-23-12-8-20(9-13-23)33-21-14-16-32-17-15-21/h2-13,21H,14-18H2,1H3,(H,30,31). The maximum Gasteiger partial charge on any atom is 0.337 e. The number of amides is 1. The SMILES string of the molecule is CN(C(=O)Cc1ccc(Sc2ccc(OC3CCOCC3)cc2)cc1)c1ccccc1C(=O)O. The quantitative estimate of drug-likeness (QED) is 0.475. The summed E-state index contributed by atoms with van der Waals surface area (Å²) in [6, 6.07) is 22.4. The third kappa shape index (κ3) is 6.18. The highest BCUT2D eigenvalue weighted by atomic mass is 32.2. The summed E-state index contributed by atoms with van der Waals surface area (Å²) in [5.74, 6) is -0.354. The van der Waals surface area contributed by atoms with E-state index in [1.807, 2.05) is 48.5 Å². The second-order valence-electron chi connectivity index (χ2n) is 8.10. The van der Waals surface area contributed by atoms with Crippen LogP contribution in [0.4, 0.5) is 5.69 Å². The number of para-hydroxylation sites is 1. The summed E-state index contributed by atoms with van der Waals surface area (Å²) in [6.45, 7) is 1.51. The smallest absolute Gasteiger partial charge is 0.337 e. The number of rotatable bonds is 8. The molecule has 1 amide bonds. The maximum absolute atomic E-state index is 12.7. The van der Waals surface area contributed by atoms with Crippen LogP contribution < -0.4 is 9.64 Å². The molecule has 176 valence electrons. The van der Waals surface area contributed by atoms with E-state index in [0.29, 0.717) is 5.69 Å². The van der Waals surface area contributed by atoms with Gasteiger partial charge in [-0.05, 0) is 54.1 Å². The van der Waals surface area contributed by atoms with Gasteiger partial charge in [0.2, 0.25) is 5.91 Å². The summed E-state index contributed by atoms with van der Waals surface area (Å²) in [7, 11) is 1.60. The third-order valence-corrected chi connectivity index (χ3v) is 6.69. The highest BCUT2D eigenvalue weighted by Crippen LogP contribution is 2.30. The molecule has 3 aromatic carbocycles. The fourth-order valence-corrected chi connectivity index (χ4v) is 4.57. The molecule has 7 heteroatoms. The Labute approximate surface area is 203 Å². The lowest BCUT2D eigenvalue weighted by molar-refractivity contribution is -0.117. The molecule has 0 unspecified atom stereocenters. The Bertz CT molecular complexity index is 1120. The van der Waals surface area contributed by atoms with E-state index < -0.39 is 5.97 Å². The number of carboxylic acid groups (broad SMARTS) is 1. The molecule has 1 N–H and O–H groups in total. The molecular weight excluding hydrogens is 450 g/mol. The van der Waals surface area contributed by atoms with Crippen LogP contribution in [0.5, 0.6) is 5.75 Å². The van der Waals surface area contributed by atoms with Crippen molar-refractivity contribution in [3.05, 3.63) is 83.9 Å². The van der Waals surface area contributed by atoms with Crippen molar-refractivity contribution >= 4 is 29.3 Å². The second-order valence-corrected chi connectivity index (χ2v) is 9.25. The van der Waals surface area contributed by atoms with E-state index >= 15 is 0 Å². The molecule has 3 aromatic rings. The number of carboxylic acids is 1. The summed E-state index contributed by atoms with van der Waals surface area (Å²) in [5, 5.41) is 9.37. The van der Waals surface area contributed by atoms with Gasteiger partial charge in [0.15, 0.2) is 0 Å². The van der Waals surface area contributed by atoms with Gasteiger partial charge in [-0.15, -0.1) is 0 Å². The molecule has 0 bridgehead atoms. The topological polar surface area (TPSA) is 76.1 Å². The number of likely N-dealkylation sites (N-methyl/N-ethyl adjacent to an activating group) is 1. The van der Waals surface area contributed by atoms with Crippen LogP contribution >= 0.6 is 11.8 Å². The molecule has 1 heterocycles. The molecule has 1 aliphatic rings. The highest BCUT2D eigenvalue weighted by Gasteiger charge is 2.18. The molecule has 4 rings (SSSR count). The molecule has 1 aliphatic heterocycles. The van der Waals surface area contributed by atoms with E-state index in [9.17, 15) is 14.7 Å². The van der Waals surface area contributed by atoms with Crippen molar-refractivity contribution in [1.82, 2.24) is 0 Å². The minimum absolute atomic E-state index is 0.106. The Morgan fingerprint density at radius 1 is 0.971 bits per heavy atom. The lowest BCUT2D eigenvalue weighted by Gasteiger charge is -2.23. The van der Waals surface area contributed by atoms with Gasteiger partial charge in [0, 0.05) is 29.7 Å². The Hall–Kier alpha value is -3.29. The highest BCUT2D eigenvalue weighted by molar-refractivity contribution is 7.99. The monoisotopic (exact) mass is 477 g/mol. The first kappa shape index (κ1) is 23.9. The molecule has 0 spiro atoms. The van der Waals surface area contributed by atoms with Gasteiger partial charge in [-0.2, -0.15) is 0 Å². The van der Waals surface area contributed by atoms with E-state index in [1.165, 1.54) is 11.0 Å². The largest absolute Gasteiger partial charge is 0.490 e. The van der Waals surface area contributed by atoms with Crippen LogP contribution in [0.15, 0.2) is 82.6 Å². The summed E-state index contributed by atoms with van der Waals surface area (Å²) >= 11 is 1.64. The van der Waals surface area contributed by atoms with E-state index in [1.54, 1.807) is 37.0 Å². The number of nitrogens with zero attached hydrogens (tertiary/aromatic N) is 1. The van der Waals surface area contributed by atoms with Gasteiger partial charge < -0.3 is 19.5 Å². The zero-order valence-corrected chi connectivity index (χ0v) is 19.8. The molecule has 1 fully saturated rings. The Kier molecular flexibility index (Phi) is 7.87. The number of anilines is 1. The van der Waals surface area contributed by atoms with Gasteiger partial charge in [-0.1, -0.05) is 36.0 Å². The number of hydrogen-bond donors (Lipinski definition) is 1. The zero-order chi connectivity index (χ0) is 23.9. The first-order valence-corrected chi connectivity index (χ1v) is 12.0. The van der Waals surface area contributed by atoms with Crippen LogP contribution in [0.25, 0.3) is 0 Å². The van der Waals surface area contributed by atoms with Crippen molar-refractivity contribution < 1.29 is 24.2 Å². The second kappa shape index (κ2) is 11.2. The minimum Gasteiger partial charge on any atom is -0.490 e. The van der Waals surface area contributed by atoms with E-state index in [0.717, 1.165) is 47.2 Å². The van der Waals surface area contributed by atoms with E-state index in [-0.39, 0.29) is 24.0 Å². The van der Waals surface area contributed by atoms with Gasteiger partial charge in [-0.3, -0.25) is 4.79 Å². The van der Waals surface area contributed by atoms with Crippen molar-refractivity contribution in [2.45, 2.75) is 35.2 Å². The number of aromatic carboxylic acids is 1. The summed E-state index contributed by atoms with van der Waals surface area (Å²) < 4.78 is 11.4. The number of ether oxygens (including phenoxy) is 2. The number of benzene rings is 3. The summed E-state index contributed by atoms with van der Waals surface area (Å²) in [5.41, 5.74) is 1.36. The van der Waals surface area contributed by atoms with Crippen molar-refractivity contribution in [3.8, 4) is 5.75 Å². The molecular formula is C27H27NO5S. The van der Waals surface area contributed by atoms with Crippen LogP contribution in [0.2, 0.25) is 0 Å². The zero-order valence-electron chi connectivity index (χ0n) is 19.0. The molecule has 0 aliphatic carbocycles. The molecule has 0 atom stereocenters. The predicted octanol–water partition coefficient (Wildman–Crippen LogP) is 5.30. The third-order valence-electron chi connectivity index (χ3n) is 5.68. The van der Waals surface area contributed by atoms with E-state index in [4.69, 9.17) is 9.47 Å².